The Labute approximate surface area is 242 Å². The molecule has 1 aromatic heterocycles. The van der Waals surface area contributed by atoms with Crippen LogP contribution in [-0.2, 0) is 11.4 Å². The second-order valence-electron chi connectivity index (χ2n) is 9.17. The molecule has 0 unspecified atom stereocenters. The monoisotopic (exact) mass is 575 g/mol. The normalized spacial score (nSPS) is 14.1. The minimum absolute atomic E-state index is 0.328. The zero-order chi connectivity index (χ0) is 28.9. The van der Waals surface area contributed by atoms with Gasteiger partial charge in [-0.05, 0) is 61.4 Å². The SMILES string of the molecule is CCOc1cc([C@H]2C(C(=O)Nc3ccc(OC)cc3OC)=C(C)Nc3ncnn32)ccc1OCc1ccc(Cl)cc1. The maximum absolute atomic E-state index is 13.9. The highest BCUT2D eigenvalue weighted by atomic mass is 35.5. The highest BCUT2D eigenvalue weighted by Gasteiger charge is 2.34. The third kappa shape index (κ3) is 5.92. The first-order valence-electron chi connectivity index (χ1n) is 13.0. The fraction of sp³-hybridized carbons (Fsp3) is 0.233. The average Bonchev–Trinajstić information content (AvgIpc) is 3.45. The van der Waals surface area contributed by atoms with E-state index in [1.165, 1.54) is 13.4 Å². The van der Waals surface area contributed by atoms with Gasteiger partial charge in [-0.25, -0.2) is 4.68 Å². The molecule has 0 radical (unpaired) electrons. The Kier molecular flexibility index (Phi) is 8.30. The van der Waals surface area contributed by atoms with Gasteiger partial charge in [0.2, 0.25) is 5.95 Å². The Morgan fingerprint density at radius 1 is 1.00 bits per heavy atom. The fourth-order valence-electron chi connectivity index (χ4n) is 4.61. The maximum atomic E-state index is 13.9. The average molecular weight is 576 g/mol. The van der Waals surface area contributed by atoms with E-state index in [4.69, 9.17) is 30.5 Å². The van der Waals surface area contributed by atoms with Crippen molar-refractivity contribution in [2.45, 2.75) is 26.5 Å². The summed E-state index contributed by atoms with van der Waals surface area (Å²) in [6.45, 7) is 4.51. The molecule has 4 aromatic rings. The van der Waals surface area contributed by atoms with Gasteiger partial charge < -0.3 is 29.6 Å². The summed E-state index contributed by atoms with van der Waals surface area (Å²) in [6.07, 6.45) is 1.45. The van der Waals surface area contributed by atoms with Crippen molar-refractivity contribution in [3.05, 3.63) is 94.4 Å². The van der Waals surface area contributed by atoms with Crippen molar-refractivity contribution in [2.75, 3.05) is 31.5 Å². The summed E-state index contributed by atoms with van der Waals surface area (Å²) in [5.74, 6) is 2.40. The van der Waals surface area contributed by atoms with E-state index in [1.54, 1.807) is 30.0 Å². The number of anilines is 2. The molecule has 0 saturated carbocycles. The van der Waals surface area contributed by atoms with Crippen LogP contribution in [0.25, 0.3) is 0 Å². The lowest BCUT2D eigenvalue weighted by Gasteiger charge is -2.29. The van der Waals surface area contributed by atoms with Gasteiger partial charge in [0, 0.05) is 16.8 Å². The summed E-state index contributed by atoms with van der Waals surface area (Å²) >= 11 is 6.01. The van der Waals surface area contributed by atoms with Gasteiger partial charge in [-0.3, -0.25) is 4.79 Å². The fourth-order valence-corrected chi connectivity index (χ4v) is 4.73. The largest absolute Gasteiger partial charge is 0.497 e. The highest BCUT2D eigenvalue weighted by Crippen LogP contribution is 2.40. The molecule has 0 bridgehead atoms. The van der Waals surface area contributed by atoms with Crippen LogP contribution >= 0.6 is 11.6 Å². The van der Waals surface area contributed by atoms with Crippen molar-refractivity contribution in [3.8, 4) is 23.0 Å². The van der Waals surface area contributed by atoms with Crippen LogP contribution in [-0.4, -0.2) is 41.5 Å². The molecule has 0 aliphatic carbocycles. The molecular formula is C30H30ClN5O5. The minimum atomic E-state index is -0.595. The molecule has 0 saturated heterocycles. The second-order valence-corrected chi connectivity index (χ2v) is 9.61. The van der Waals surface area contributed by atoms with Crippen molar-refractivity contribution in [2.24, 2.45) is 0 Å². The summed E-state index contributed by atoms with van der Waals surface area (Å²) in [7, 11) is 3.10. The third-order valence-corrected chi connectivity index (χ3v) is 6.84. The molecule has 2 heterocycles. The molecule has 0 spiro atoms. The summed E-state index contributed by atoms with van der Waals surface area (Å²) in [5.41, 5.74) is 3.34. The summed E-state index contributed by atoms with van der Waals surface area (Å²) in [6, 6.07) is 17.7. The number of methoxy groups -OCH3 is 2. The number of benzene rings is 3. The Morgan fingerprint density at radius 3 is 2.54 bits per heavy atom. The number of allylic oxidation sites excluding steroid dienone is 1. The van der Waals surface area contributed by atoms with Crippen LogP contribution < -0.4 is 29.6 Å². The molecule has 1 atom stereocenters. The maximum Gasteiger partial charge on any atom is 0.255 e. The van der Waals surface area contributed by atoms with E-state index in [9.17, 15) is 4.79 Å². The number of carbonyl (C=O) groups excluding carboxylic acids is 1. The van der Waals surface area contributed by atoms with E-state index < -0.39 is 6.04 Å². The molecule has 1 aliphatic heterocycles. The molecule has 10 nitrogen and oxygen atoms in total. The summed E-state index contributed by atoms with van der Waals surface area (Å²) < 4.78 is 24.5. The number of fused-ring (bicyclic) bond motifs is 1. The van der Waals surface area contributed by atoms with E-state index in [2.05, 4.69) is 20.7 Å². The molecule has 1 amide bonds. The van der Waals surface area contributed by atoms with E-state index >= 15 is 0 Å². The van der Waals surface area contributed by atoms with E-state index in [-0.39, 0.29) is 5.91 Å². The van der Waals surface area contributed by atoms with Gasteiger partial charge >= 0.3 is 0 Å². The topological polar surface area (TPSA) is 109 Å². The lowest BCUT2D eigenvalue weighted by atomic mass is 9.94. The van der Waals surface area contributed by atoms with Gasteiger partial charge in [0.25, 0.3) is 5.91 Å². The first-order chi connectivity index (χ1) is 19.9. The molecule has 2 N–H and O–H groups in total. The van der Waals surface area contributed by atoms with Crippen LogP contribution in [0, 0.1) is 0 Å². The standard InChI is InChI=1S/C30H30ClN5O5/c1-5-40-26-14-20(8-13-24(26)41-16-19-6-9-21(31)10-7-19)28-27(18(2)34-30-32-17-33-36(28)30)29(37)35-23-12-11-22(38-3)15-25(23)39-4/h6-15,17,28H,5,16H2,1-4H3,(H,35,37)(H,32,33,34)/t28-/m0/s1. The van der Waals surface area contributed by atoms with Crippen LogP contribution in [0.2, 0.25) is 5.02 Å². The number of halogens is 1. The van der Waals surface area contributed by atoms with E-state index in [1.807, 2.05) is 56.3 Å². The lowest BCUT2D eigenvalue weighted by molar-refractivity contribution is -0.113. The van der Waals surface area contributed by atoms with Crippen molar-refractivity contribution in [1.29, 1.82) is 0 Å². The van der Waals surface area contributed by atoms with Gasteiger partial charge in [0.05, 0.1) is 32.1 Å². The number of carbonyl (C=O) groups is 1. The quantitative estimate of drug-likeness (QED) is 0.242. The summed E-state index contributed by atoms with van der Waals surface area (Å²) in [4.78, 5) is 18.2. The van der Waals surface area contributed by atoms with Crippen LogP contribution in [0.5, 0.6) is 23.0 Å². The van der Waals surface area contributed by atoms with Crippen LogP contribution in [0.15, 0.2) is 78.3 Å². The number of hydrogen-bond donors (Lipinski definition) is 2. The molecule has 0 fully saturated rings. The van der Waals surface area contributed by atoms with E-state index in [0.717, 1.165) is 11.1 Å². The van der Waals surface area contributed by atoms with E-state index in [0.29, 0.717) is 64.1 Å². The van der Waals surface area contributed by atoms with Gasteiger partial charge in [0.15, 0.2) is 11.5 Å². The molecule has 212 valence electrons. The minimum Gasteiger partial charge on any atom is -0.497 e. The Bertz CT molecular complexity index is 1580. The first kappa shape index (κ1) is 27.9. The van der Waals surface area contributed by atoms with Crippen molar-refractivity contribution < 1.29 is 23.7 Å². The number of amides is 1. The van der Waals surface area contributed by atoms with Crippen molar-refractivity contribution in [3.63, 3.8) is 0 Å². The number of aromatic nitrogens is 3. The zero-order valence-electron chi connectivity index (χ0n) is 23.1. The predicted octanol–water partition coefficient (Wildman–Crippen LogP) is 5.85. The lowest BCUT2D eigenvalue weighted by Crippen LogP contribution is -2.31. The van der Waals surface area contributed by atoms with Crippen LogP contribution in [0.3, 0.4) is 0 Å². The molecule has 11 heteroatoms. The number of hydrogen-bond acceptors (Lipinski definition) is 8. The van der Waals surface area contributed by atoms with Gasteiger partial charge in [-0.15, -0.1) is 0 Å². The highest BCUT2D eigenvalue weighted by molar-refractivity contribution is 6.30. The van der Waals surface area contributed by atoms with Crippen LogP contribution in [0.1, 0.15) is 31.0 Å². The smallest absolute Gasteiger partial charge is 0.255 e. The summed E-state index contributed by atoms with van der Waals surface area (Å²) in [5, 5.41) is 11.3. The van der Waals surface area contributed by atoms with Gasteiger partial charge in [-0.1, -0.05) is 29.8 Å². The Morgan fingerprint density at radius 2 is 1.80 bits per heavy atom. The second kappa shape index (κ2) is 12.2. The molecular weight excluding hydrogens is 546 g/mol. The first-order valence-corrected chi connectivity index (χ1v) is 13.3. The molecule has 3 aromatic carbocycles. The number of ether oxygens (including phenoxy) is 4. The Balaban J connectivity index is 1.48. The molecule has 41 heavy (non-hydrogen) atoms. The number of nitrogens with zero attached hydrogens (tertiary/aromatic N) is 3. The molecule has 5 rings (SSSR count). The van der Waals surface area contributed by atoms with Crippen molar-refractivity contribution in [1.82, 2.24) is 14.8 Å². The zero-order valence-corrected chi connectivity index (χ0v) is 23.9. The van der Waals surface area contributed by atoms with Crippen LogP contribution in [0.4, 0.5) is 11.6 Å². The van der Waals surface area contributed by atoms with Gasteiger partial charge in [-0.2, -0.15) is 10.1 Å². The molecule has 1 aliphatic rings. The predicted molar refractivity (Wildman–Crippen MR) is 156 cm³/mol. The Hall–Kier alpha value is -4.70. The van der Waals surface area contributed by atoms with Gasteiger partial charge in [0.1, 0.15) is 30.5 Å². The third-order valence-electron chi connectivity index (χ3n) is 6.59. The number of nitrogens with one attached hydrogen (secondary N) is 2. The van der Waals surface area contributed by atoms with Crippen molar-refractivity contribution >= 4 is 29.1 Å². The number of rotatable bonds is 10.